The molecule has 40 heavy (non-hydrogen) atoms. The molecule has 0 bridgehead atoms. The third kappa shape index (κ3) is 5.79. The first-order valence-corrected chi connectivity index (χ1v) is 14.2. The van der Waals surface area contributed by atoms with Crippen LogP contribution in [0.3, 0.4) is 0 Å². The molecule has 1 aliphatic heterocycles. The summed E-state index contributed by atoms with van der Waals surface area (Å²) in [6, 6.07) is 8.09. The molecule has 1 atom stereocenters. The van der Waals surface area contributed by atoms with Gasteiger partial charge in [0, 0.05) is 72.7 Å². The molecule has 3 N–H and O–H groups in total. The Hall–Kier alpha value is -3.60. The molecule has 0 amide bonds. The van der Waals surface area contributed by atoms with E-state index < -0.39 is 6.23 Å². The Bertz CT molecular complexity index is 1520. The second kappa shape index (κ2) is 11.9. The Labute approximate surface area is 235 Å². The first-order chi connectivity index (χ1) is 19.2. The van der Waals surface area contributed by atoms with Crippen molar-refractivity contribution in [3.05, 3.63) is 69.4 Å². The fourth-order valence-electron chi connectivity index (χ4n) is 5.33. The van der Waals surface area contributed by atoms with Crippen molar-refractivity contribution in [3.8, 4) is 11.3 Å². The van der Waals surface area contributed by atoms with Crippen LogP contribution in [0.15, 0.2) is 41.5 Å². The number of aliphatic hydroxyl groups is 1. The molecule has 1 unspecified atom stereocenters. The molecule has 0 spiro atoms. The summed E-state index contributed by atoms with van der Waals surface area (Å²) < 4.78 is 1.87. The summed E-state index contributed by atoms with van der Waals surface area (Å²) in [5, 5.41) is 19.9. The molecule has 0 saturated carbocycles. The summed E-state index contributed by atoms with van der Waals surface area (Å²) in [4.78, 5) is 30.0. The van der Waals surface area contributed by atoms with Crippen LogP contribution in [-0.4, -0.2) is 68.0 Å². The van der Waals surface area contributed by atoms with Gasteiger partial charge in [-0.1, -0.05) is 13.3 Å². The lowest BCUT2D eigenvalue weighted by molar-refractivity contribution is 0.138. The molecule has 4 aromatic heterocycles. The van der Waals surface area contributed by atoms with Crippen molar-refractivity contribution in [2.75, 3.05) is 38.1 Å². The van der Waals surface area contributed by atoms with Crippen molar-refractivity contribution >= 4 is 16.9 Å². The van der Waals surface area contributed by atoms with Crippen molar-refractivity contribution in [1.29, 1.82) is 0 Å². The van der Waals surface area contributed by atoms with Gasteiger partial charge in [0.2, 0.25) is 0 Å². The maximum absolute atomic E-state index is 12.8. The fraction of sp³-hybridized carbons (Fsp3) is 0.467. The number of rotatable bonds is 9. The van der Waals surface area contributed by atoms with Gasteiger partial charge in [0.05, 0.1) is 11.9 Å². The number of aromatic amines is 1. The average Bonchev–Trinajstić information content (AvgIpc) is 3.37. The van der Waals surface area contributed by atoms with E-state index in [1.165, 1.54) is 0 Å². The molecule has 10 heteroatoms. The summed E-state index contributed by atoms with van der Waals surface area (Å²) in [6.45, 7) is 12.3. The zero-order valence-electron chi connectivity index (χ0n) is 24.1. The SMILES string of the molecule is CCCc1cc(C)[nH]c(=O)c1CNC(O)c1cc(-c2ccc(N3CCN(C)CC3)nc2)nc2c1cnn2C(C)C. The maximum atomic E-state index is 12.8. The van der Waals surface area contributed by atoms with Crippen molar-refractivity contribution in [2.24, 2.45) is 0 Å². The number of aromatic nitrogens is 5. The number of aryl methyl sites for hydroxylation is 2. The van der Waals surface area contributed by atoms with E-state index in [4.69, 9.17) is 9.97 Å². The Morgan fingerprint density at radius 3 is 2.58 bits per heavy atom. The summed E-state index contributed by atoms with van der Waals surface area (Å²) in [5.74, 6) is 0.957. The van der Waals surface area contributed by atoms with Gasteiger partial charge in [0.25, 0.3) is 5.56 Å². The van der Waals surface area contributed by atoms with Crippen LogP contribution in [0.2, 0.25) is 0 Å². The van der Waals surface area contributed by atoms with Gasteiger partial charge < -0.3 is 19.9 Å². The Morgan fingerprint density at radius 2 is 1.90 bits per heavy atom. The molecule has 5 rings (SSSR count). The van der Waals surface area contributed by atoms with E-state index >= 15 is 0 Å². The summed E-state index contributed by atoms with van der Waals surface area (Å²) >= 11 is 0. The first kappa shape index (κ1) is 27.9. The number of pyridine rings is 3. The molecule has 212 valence electrons. The normalized spacial score (nSPS) is 15.3. The van der Waals surface area contributed by atoms with Crippen LogP contribution in [-0.2, 0) is 13.0 Å². The van der Waals surface area contributed by atoms with Crippen LogP contribution in [0.5, 0.6) is 0 Å². The number of piperazine rings is 1. The van der Waals surface area contributed by atoms with Gasteiger partial charge in [0.1, 0.15) is 12.0 Å². The molecule has 10 nitrogen and oxygen atoms in total. The number of aliphatic hydroxyl groups excluding tert-OH is 1. The monoisotopic (exact) mass is 544 g/mol. The van der Waals surface area contributed by atoms with E-state index in [9.17, 15) is 9.90 Å². The number of hydrogen-bond donors (Lipinski definition) is 3. The molecular formula is C30H40N8O2. The highest BCUT2D eigenvalue weighted by Gasteiger charge is 2.21. The maximum Gasteiger partial charge on any atom is 0.252 e. The minimum Gasteiger partial charge on any atom is -0.374 e. The van der Waals surface area contributed by atoms with Gasteiger partial charge in [-0.3, -0.25) is 10.1 Å². The fourth-order valence-corrected chi connectivity index (χ4v) is 5.33. The lowest BCUT2D eigenvalue weighted by Gasteiger charge is -2.33. The van der Waals surface area contributed by atoms with Crippen LogP contribution < -0.4 is 15.8 Å². The van der Waals surface area contributed by atoms with Crippen LogP contribution in [0.25, 0.3) is 22.3 Å². The number of anilines is 1. The van der Waals surface area contributed by atoms with Crippen LogP contribution in [0.4, 0.5) is 5.82 Å². The van der Waals surface area contributed by atoms with Crippen molar-refractivity contribution in [3.63, 3.8) is 0 Å². The Morgan fingerprint density at radius 1 is 1.12 bits per heavy atom. The molecule has 0 radical (unpaired) electrons. The van der Waals surface area contributed by atoms with Gasteiger partial charge in [-0.2, -0.15) is 5.10 Å². The number of hydrogen-bond acceptors (Lipinski definition) is 8. The molecule has 4 aromatic rings. The molecule has 1 fully saturated rings. The highest BCUT2D eigenvalue weighted by molar-refractivity contribution is 5.83. The predicted molar refractivity (Wildman–Crippen MR) is 158 cm³/mol. The number of fused-ring (bicyclic) bond motifs is 1. The smallest absolute Gasteiger partial charge is 0.252 e. The lowest BCUT2D eigenvalue weighted by atomic mass is 10.0. The van der Waals surface area contributed by atoms with Gasteiger partial charge >= 0.3 is 0 Å². The predicted octanol–water partition coefficient (Wildman–Crippen LogP) is 3.56. The van der Waals surface area contributed by atoms with Crippen LogP contribution >= 0.6 is 0 Å². The highest BCUT2D eigenvalue weighted by Crippen LogP contribution is 2.30. The number of nitrogens with zero attached hydrogens (tertiary/aromatic N) is 6. The lowest BCUT2D eigenvalue weighted by Crippen LogP contribution is -2.44. The molecule has 1 saturated heterocycles. The summed E-state index contributed by atoms with van der Waals surface area (Å²) in [6.07, 6.45) is 4.32. The van der Waals surface area contributed by atoms with E-state index in [-0.39, 0.29) is 18.1 Å². The average molecular weight is 545 g/mol. The largest absolute Gasteiger partial charge is 0.374 e. The number of H-pyrrole nitrogens is 1. The zero-order valence-corrected chi connectivity index (χ0v) is 24.1. The number of nitrogens with one attached hydrogen (secondary N) is 2. The van der Waals surface area contributed by atoms with Gasteiger partial charge in [0.15, 0.2) is 5.65 Å². The van der Waals surface area contributed by atoms with E-state index in [1.807, 2.05) is 42.1 Å². The topological polar surface area (TPSA) is 115 Å². The Balaban J connectivity index is 1.47. The molecular weight excluding hydrogens is 504 g/mol. The quantitative estimate of drug-likeness (QED) is 0.274. The minimum atomic E-state index is -1.03. The Kier molecular flexibility index (Phi) is 8.30. The molecule has 1 aliphatic rings. The second-order valence-corrected chi connectivity index (χ2v) is 11.0. The third-order valence-electron chi connectivity index (χ3n) is 7.61. The molecule has 0 aromatic carbocycles. The van der Waals surface area contributed by atoms with E-state index in [2.05, 4.69) is 53.0 Å². The second-order valence-electron chi connectivity index (χ2n) is 11.0. The standard InChI is InChI=1S/C30H40N8O2/c1-6-7-21-14-20(4)34-30(40)24(21)17-32-29(39)23-15-26(35-28-25(23)18-33-38(28)19(2)3)22-8-9-27(31-16-22)37-12-10-36(5)11-13-37/h8-9,14-16,18-19,29,32,39H,6-7,10-13,17H2,1-5H3,(H,34,40). The highest BCUT2D eigenvalue weighted by atomic mass is 16.3. The van der Waals surface area contributed by atoms with Crippen molar-refractivity contribution in [2.45, 2.75) is 59.4 Å². The van der Waals surface area contributed by atoms with E-state index in [0.29, 0.717) is 22.5 Å². The molecule has 5 heterocycles. The minimum absolute atomic E-state index is 0.0960. The van der Waals surface area contributed by atoms with Crippen molar-refractivity contribution < 1.29 is 5.11 Å². The number of likely N-dealkylation sites (N-methyl/N-ethyl adjacent to an activating group) is 1. The molecule has 0 aliphatic carbocycles. The summed E-state index contributed by atoms with van der Waals surface area (Å²) in [5.41, 5.74) is 5.31. The van der Waals surface area contributed by atoms with E-state index in [1.54, 1.807) is 6.20 Å². The first-order valence-electron chi connectivity index (χ1n) is 14.2. The van der Waals surface area contributed by atoms with E-state index in [0.717, 1.165) is 67.0 Å². The van der Waals surface area contributed by atoms with Crippen LogP contribution in [0.1, 0.15) is 61.8 Å². The van der Waals surface area contributed by atoms with Gasteiger partial charge in [-0.15, -0.1) is 0 Å². The van der Waals surface area contributed by atoms with Gasteiger partial charge in [-0.05, 0) is 64.1 Å². The summed E-state index contributed by atoms with van der Waals surface area (Å²) in [7, 11) is 2.14. The van der Waals surface area contributed by atoms with Crippen molar-refractivity contribution in [1.82, 2.24) is 34.9 Å². The van der Waals surface area contributed by atoms with Gasteiger partial charge in [-0.25, -0.2) is 14.6 Å². The zero-order chi connectivity index (χ0) is 28.4. The van der Waals surface area contributed by atoms with Crippen LogP contribution in [0, 0.1) is 6.92 Å². The third-order valence-corrected chi connectivity index (χ3v) is 7.61.